The number of pyridine rings is 1. The van der Waals surface area contributed by atoms with E-state index in [1.807, 2.05) is 0 Å². The molecule has 0 spiro atoms. The molecule has 1 aromatic heterocycles. The Morgan fingerprint density at radius 1 is 1.44 bits per heavy atom. The summed E-state index contributed by atoms with van der Waals surface area (Å²) in [7, 11) is 1.61. The first-order valence-electron chi connectivity index (χ1n) is 8.26. The molecule has 0 radical (unpaired) electrons. The zero-order valence-electron chi connectivity index (χ0n) is 15.1. The molecule has 0 saturated carbocycles. The fraction of sp³-hybridized carbons (Fsp3) is 0.263. The first kappa shape index (κ1) is 20.7. The lowest BCUT2D eigenvalue weighted by Crippen LogP contribution is -2.13. The third kappa shape index (κ3) is 5.67. The lowest BCUT2D eigenvalue weighted by atomic mass is 10.1. The second kappa shape index (κ2) is 9.89. The predicted octanol–water partition coefficient (Wildman–Crippen LogP) is 3.82. The van der Waals surface area contributed by atoms with Crippen molar-refractivity contribution in [2.24, 2.45) is 0 Å². The average Bonchev–Trinajstić information content (AvgIpc) is 2.65. The maximum absolute atomic E-state index is 13.5. The van der Waals surface area contributed by atoms with Crippen LogP contribution in [-0.2, 0) is 4.74 Å². The van der Waals surface area contributed by atoms with E-state index in [9.17, 15) is 4.39 Å². The summed E-state index contributed by atoms with van der Waals surface area (Å²) < 4.78 is 24.3. The molecule has 2 aromatic rings. The van der Waals surface area contributed by atoms with Crippen LogP contribution in [0, 0.1) is 11.2 Å². The number of allylic oxidation sites excluding steroid dienone is 1. The van der Waals surface area contributed by atoms with Crippen LogP contribution in [0.1, 0.15) is 24.2 Å². The fourth-order valence-corrected chi connectivity index (χ4v) is 2.61. The van der Waals surface area contributed by atoms with Crippen LogP contribution in [0.3, 0.4) is 0 Å². The van der Waals surface area contributed by atoms with Crippen LogP contribution in [0.4, 0.5) is 10.2 Å². The molecule has 0 aliphatic heterocycles. The van der Waals surface area contributed by atoms with Gasteiger partial charge in [-0.05, 0) is 31.2 Å². The van der Waals surface area contributed by atoms with Gasteiger partial charge < -0.3 is 25.9 Å². The summed E-state index contributed by atoms with van der Waals surface area (Å²) in [5.41, 5.74) is 7.67. The number of ether oxygens (including phenoxy) is 2. The fourth-order valence-electron chi connectivity index (χ4n) is 2.34. The summed E-state index contributed by atoms with van der Waals surface area (Å²) in [5.74, 6) is 0.112. The molecule has 4 N–H and O–H groups in total. The zero-order chi connectivity index (χ0) is 19.8. The number of halogens is 2. The smallest absolute Gasteiger partial charge is 0.166 e. The highest BCUT2D eigenvalue weighted by Crippen LogP contribution is 2.31. The molecule has 0 aliphatic carbocycles. The van der Waals surface area contributed by atoms with E-state index in [1.165, 1.54) is 24.4 Å². The van der Waals surface area contributed by atoms with Crippen molar-refractivity contribution < 1.29 is 13.9 Å². The van der Waals surface area contributed by atoms with Crippen LogP contribution < -0.4 is 15.8 Å². The highest BCUT2D eigenvalue weighted by Gasteiger charge is 2.15. The van der Waals surface area contributed by atoms with Crippen LogP contribution >= 0.6 is 11.6 Å². The summed E-state index contributed by atoms with van der Waals surface area (Å²) >= 11 is 6.13. The summed E-state index contributed by atoms with van der Waals surface area (Å²) in [6, 6.07) is 5.77. The number of hydrogen-bond donors (Lipinski definition) is 3. The van der Waals surface area contributed by atoms with Gasteiger partial charge in [-0.15, -0.1) is 0 Å². The standard InChI is InChI=1S/C19H22ClFN4O2/c1-12(16-8-15(21)3-4-17(16)20)27-18-7-13(11-25-19(18)23)14(9-22)10-24-5-6-26-2/h3-4,7-12,22,24H,5-6H2,1-2H3,(H2,23,25)/b14-10+,22-9?. The van der Waals surface area contributed by atoms with E-state index in [-0.39, 0.29) is 5.82 Å². The summed E-state index contributed by atoms with van der Waals surface area (Å²) in [5, 5.41) is 11.1. The second-order valence-electron chi connectivity index (χ2n) is 5.72. The summed E-state index contributed by atoms with van der Waals surface area (Å²) in [6.07, 6.45) is 3.90. The minimum absolute atomic E-state index is 0.190. The number of nitrogen functional groups attached to an aromatic ring is 1. The number of hydrogen-bond acceptors (Lipinski definition) is 6. The predicted molar refractivity (Wildman–Crippen MR) is 106 cm³/mol. The number of benzene rings is 1. The second-order valence-corrected chi connectivity index (χ2v) is 6.13. The van der Waals surface area contributed by atoms with E-state index in [1.54, 1.807) is 32.5 Å². The molecular formula is C19H22ClFN4O2. The van der Waals surface area contributed by atoms with Crippen molar-refractivity contribution in [1.29, 1.82) is 5.41 Å². The third-order valence-corrected chi connectivity index (χ3v) is 4.12. The van der Waals surface area contributed by atoms with Gasteiger partial charge in [-0.1, -0.05) is 11.6 Å². The number of anilines is 1. The molecule has 0 amide bonds. The third-order valence-electron chi connectivity index (χ3n) is 3.78. The molecule has 0 saturated heterocycles. The minimum Gasteiger partial charge on any atom is -0.482 e. The zero-order valence-corrected chi connectivity index (χ0v) is 15.9. The number of rotatable bonds is 9. The van der Waals surface area contributed by atoms with Gasteiger partial charge in [-0.25, -0.2) is 9.37 Å². The minimum atomic E-state index is -0.542. The topological polar surface area (TPSA) is 93.2 Å². The van der Waals surface area contributed by atoms with Crippen molar-refractivity contribution in [3.8, 4) is 5.75 Å². The van der Waals surface area contributed by atoms with Crippen molar-refractivity contribution in [3.05, 3.63) is 58.6 Å². The van der Waals surface area contributed by atoms with Crippen LogP contribution in [0.15, 0.2) is 36.7 Å². The Labute approximate surface area is 162 Å². The molecule has 27 heavy (non-hydrogen) atoms. The summed E-state index contributed by atoms with van der Waals surface area (Å²) in [4.78, 5) is 4.13. The highest BCUT2D eigenvalue weighted by molar-refractivity contribution is 6.31. The van der Waals surface area contributed by atoms with Crippen molar-refractivity contribution in [3.63, 3.8) is 0 Å². The largest absolute Gasteiger partial charge is 0.482 e. The van der Waals surface area contributed by atoms with E-state index in [4.69, 9.17) is 32.2 Å². The number of aromatic nitrogens is 1. The molecule has 2 rings (SSSR count). The van der Waals surface area contributed by atoms with Crippen LogP contribution in [-0.4, -0.2) is 31.5 Å². The maximum Gasteiger partial charge on any atom is 0.166 e. The molecular weight excluding hydrogens is 371 g/mol. The quantitative estimate of drug-likeness (QED) is 0.445. The first-order chi connectivity index (χ1) is 13.0. The molecule has 1 atom stereocenters. The van der Waals surface area contributed by atoms with Gasteiger partial charge in [0.25, 0.3) is 0 Å². The summed E-state index contributed by atoms with van der Waals surface area (Å²) in [6.45, 7) is 2.89. The molecule has 0 fully saturated rings. The molecule has 1 unspecified atom stereocenters. The van der Waals surface area contributed by atoms with Crippen LogP contribution in [0.25, 0.3) is 5.57 Å². The van der Waals surface area contributed by atoms with Gasteiger partial charge in [0.2, 0.25) is 0 Å². The molecule has 0 bridgehead atoms. The Morgan fingerprint density at radius 3 is 2.93 bits per heavy atom. The molecule has 8 heteroatoms. The molecule has 1 heterocycles. The Morgan fingerprint density at radius 2 is 2.22 bits per heavy atom. The SMILES string of the molecule is COCCN/C=C(\C=N)c1cnc(N)c(OC(C)c2cc(F)ccc2Cl)c1. The highest BCUT2D eigenvalue weighted by atomic mass is 35.5. The lowest BCUT2D eigenvalue weighted by Gasteiger charge is -2.18. The number of nitrogens with one attached hydrogen (secondary N) is 2. The van der Waals surface area contributed by atoms with Gasteiger partial charge in [0.15, 0.2) is 11.6 Å². The van der Waals surface area contributed by atoms with E-state index in [0.29, 0.717) is 40.6 Å². The number of nitrogens with two attached hydrogens (primary N) is 1. The normalized spacial score (nSPS) is 12.5. The van der Waals surface area contributed by atoms with Crippen LogP contribution in [0.5, 0.6) is 5.75 Å². The monoisotopic (exact) mass is 392 g/mol. The molecule has 6 nitrogen and oxygen atoms in total. The van der Waals surface area contributed by atoms with Crippen LogP contribution in [0.2, 0.25) is 5.02 Å². The maximum atomic E-state index is 13.5. The number of nitrogens with zero attached hydrogens (tertiary/aromatic N) is 1. The van der Waals surface area contributed by atoms with Gasteiger partial charge in [-0.3, -0.25) is 0 Å². The molecule has 1 aromatic carbocycles. The van der Waals surface area contributed by atoms with Gasteiger partial charge in [0.05, 0.1) is 6.61 Å². The average molecular weight is 393 g/mol. The van der Waals surface area contributed by atoms with E-state index in [0.717, 1.165) is 0 Å². The Bertz CT molecular complexity index is 829. The Hall–Kier alpha value is -2.64. The van der Waals surface area contributed by atoms with E-state index < -0.39 is 11.9 Å². The van der Waals surface area contributed by atoms with E-state index >= 15 is 0 Å². The van der Waals surface area contributed by atoms with Gasteiger partial charge >= 0.3 is 0 Å². The van der Waals surface area contributed by atoms with Crippen molar-refractivity contribution >= 4 is 29.2 Å². The first-order valence-corrected chi connectivity index (χ1v) is 8.64. The van der Waals surface area contributed by atoms with Crippen molar-refractivity contribution in [1.82, 2.24) is 10.3 Å². The Balaban J connectivity index is 2.23. The Kier molecular flexibility index (Phi) is 7.57. The van der Waals surface area contributed by atoms with Gasteiger partial charge in [0, 0.05) is 54.0 Å². The van der Waals surface area contributed by atoms with Gasteiger partial charge in [0.1, 0.15) is 11.9 Å². The lowest BCUT2D eigenvalue weighted by molar-refractivity contribution is 0.203. The molecule has 144 valence electrons. The van der Waals surface area contributed by atoms with Gasteiger partial charge in [-0.2, -0.15) is 0 Å². The number of methoxy groups -OCH3 is 1. The van der Waals surface area contributed by atoms with Crippen molar-refractivity contribution in [2.75, 3.05) is 26.0 Å². The van der Waals surface area contributed by atoms with E-state index in [2.05, 4.69) is 10.3 Å². The van der Waals surface area contributed by atoms with Crippen molar-refractivity contribution in [2.45, 2.75) is 13.0 Å². The molecule has 0 aliphatic rings.